The Morgan fingerprint density at radius 2 is 1.81 bits per heavy atom. The average molecular weight is 434 g/mol. The van der Waals surface area contributed by atoms with Crippen LogP contribution in [0.25, 0.3) is 17.2 Å². The van der Waals surface area contributed by atoms with Gasteiger partial charge >= 0.3 is 17.5 Å². The molecule has 162 valence electrons. The van der Waals surface area contributed by atoms with Crippen molar-refractivity contribution in [3.05, 3.63) is 86.9 Å². The van der Waals surface area contributed by atoms with Crippen LogP contribution in [-0.2, 0) is 13.6 Å². The lowest BCUT2D eigenvalue weighted by Gasteiger charge is -2.07. The fourth-order valence-corrected chi connectivity index (χ4v) is 2.86. The van der Waals surface area contributed by atoms with Gasteiger partial charge in [0.15, 0.2) is 5.69 Å². The van der Waals surface area contributed by atoms with Crippen LogP contribution in [0.1, 0.15) is 16.2 Å². The van der Waals surface area contributed by atoms with Gasteiger partial charge in [-0.1, -0.05) is 35.5 Å². The number of hydrogen-bond donors (Lipinski definition) is 1. The summed E-state index contributed by atoms with van der Waals surface area (Å²) in [4.78, 5) is 41.4. The van der Waals surface area contributed by atoms with E-state index in [-0.39, 0.29) is 24.0 Å². The minimum Gasteiger partial charge on any atom is -0.497 e. The van der Waals surface area contributed by atoms with Gasteiger partial charge in [0.1, 0.15) is 5.75 Å². The van der Waals surface area contributed by atoms with Crippen molar-refractivity contribution in [2.45, 2.75) is 6.54 Å². The topological polar surface area (TPSA) is 134 Å². The smallest absolute Gasteiger partial charge is 0.351 e. The van der Waals surface area contributed by atoms with E-state index in [1.165, 1.54) is 7.05 Å². The maximum atomic E-state index is 12.6. The third-order valence-corrected chi connectivity index (χ3v) is 4.62. The molecule has 2 heterocycles. The Labute approximate surface area is 180 Å². The van der Waals surface area contributed by atoms with E-state index in [2.05, 4.69) is 20.6 Å². The molecule has 11 heteroatoms. The van der Waals surface area contributed by atoms with Crippen LogP contribution in [0, 0.1) is 0 Å². The van der Waals surface area contributed by atoms with E-state index >= 15 is 0 Å². The molecule has 0 aliphatic rings. The van der Waals surface area contributed by atoms with Crippen molar-refractivity contribution in [1.29, 1.82) is 0 Å². The molecular weight excluding hydrogens is 416 g/mol. The van der Waals surface area contributed by atoms with Crippen molar-refractivity contribution in [1.82, 2.24) is 29.8 Å². The second-order valence-corrected chi connectivity index (χ2v) is 6.70. The standard InChI is InChI=1S/C21H18N6O5/c1-26-20(29)16(24-27(21(26)30)14-6-4-3-5-7-14)17-23-19(32-25-17)18(28)22-12-13-8-10-15(31-2)11-9-13/h3-11H,12H2,1-2H3,(H,22,28). The predicted octanol–water partition coefficient (Wildman–Crippen LogP) is 0.920. The number of para-hydroxylation sites is 1. The van der Waals surface area contributed by atoms with Gasteiger partial charge in [-0.3, -0.25) is 14.2 Å². The molecule has 32 heavy (non-hydrogen) atoms. The van der Waals surface area contributed by atoms with Crippen LogP contribution < -0.4 is 21.3 Å². The summed E-state index contributed by atoms with van der Waals surface area (Å²) in [6.07, 6.45) is 0. The van der Waals surface area contributed by atoms with Gasteiger partial charge in [0.2, 0.25) is 5.82 Å². The van der Waals surface area contributed by atoms with Crippen LogP contribution in [0.3, 0.4) is 0 Å². The van der Waals surface area contributed by atoms with E-state index in [9.17, 15) is 14.4 Å². The number of ether oxygens (including phenoxy) is 1. The fourth-order valence-electron chi connectivity index (χ4n) is 2.86. The molecule has 1 N–H and O–H groups in total. The normalized spacial score (nSPS) is 10.7. The molecule has 0 aliphatic carbocycles. The van der Waals surface area contributed by atoms with Gasteiger partial charge in [0, 0.05) is 13.6 Å². The summed E-state index contributed by atoms with van der Waals surface area (Å²) >= 11 is 0. The molecule has 0 fully saturated rings. The minimum atomic E-state index is -0.715. The summed E-state index contributed by atoms with van der Waals surface area (Å²) in [5.74, 6) is -0.458. The van der Waals surface area contributed by atoms with Crippen LogP contribution in [0.5, 0.6) is 5.75 Å². The summed E-state index contributed by atoms with van der Waals surface area (Å²) in [7, 11) is 2.88. The van der Waals surface area contributed by atoms with E-state index in [0.717, 1.165) is 14.8 Å². The monoisotopic (exact) mass is 434 g/mol. The molecule has 0 spiro atoms. The molecule has 4 aromatic rings. The van der Waals surface area contributed by atoms with Crippen LogP contribution in [-0.4, -0.2) is 37.5 Å². The molecule has 0 radical (unpaired) electrons. The average Bonchev–Trinajstić information content (AvgIpc) is 3.32. The van der Waals surface area contributed by atoms with Crippen LogP contribution in [0.15, 0.2) is 68.7 Å². The summed E-state index contributed by atoms with van der Waals surface area (Å²) in [6.45, 7) is 0.222. The van der Waals surface area contributed by atoms with Gasteiger partial charge in [-0.2, -0.15) is 14.8 Å². The molecule has 0 aliphatic heterocycles. The van der Waals surface area contributed by atoms with Crippen molar-refractivity contribution in [3.8, 4) is 23.0 Å². The lowest BCUT2D eigenvalue weighted by molar-refractivity contribution is 0.0907. The number of carbonyl (C=O) groups is 1. The molecule has 11 nitrogen and oxygen atoms in total. The molecule has 4 rings (SSSR count). The van der Waals surface area contributed by atoms with Gasteiger partial charge in [-0.25, -0.2) is 4.79 Å². The summed E-state index contributed by atoms with van der Waals surface area (Å²) in [5, 5.41) is 10.4. The van der Waals surface area contributed by atoms with Gasteiger partial charge in [0.05, 0.1) is 12.8 Å². The zero-order valence-electron chi connectivity index (χ0n) is 17.2. The number of hydrogen-bond acceptors (Lipinski definition) is 8. The Kier molecular flexibility index (Phi) is 5.62. The number of amides is 1. The third kappa shape index (κ3) is 4.03. The zero-order chi connectivity index (χ0) is 22.7. The van der Waals surface area contributed by atoms with E-state index in [1.54, 1.807) is 61.7 Å². The summed E-state index contributed by atoms with van der Waals surface area (Å²) in [6, 6.07) is 15.7. The molecular formula is C21H18N6O5. The Balaban J connectivity index is 1.59. The molecule has 0 saturated carbocycles. The molecule has 2 aromatic heterocycles. The first kappa shape index (κ1) is 20.7. The van der Waals surface area contributed by atoms with Crippen molar-refractivity contribution in [2.24, 2.45) is 7.05 Å². The number of nitrogens with zero attached hydrogens (tertiary/aromatic N) is 5. The maximum Gasteiger partial charge on any atom is 0.351 e. The Morgan fingerprint density at radius 3 is 2.50 bits per heavy atom. The SMILES string of the molecule is COc1ccc(CNC(=O)c2nc(-c3nn(-c4ccccc4)c(=O)n(C)c3=O)no2)cc1. The maximum absolute atomic E-state index is 12.6. The van der Waals surface area contributed by atoms with Crippen LogP contribution in [0.4, 0.5) is 0 Å². The Bertz CT molecular complexity index is 1370. The predicted molar refractivity (Wildman–Crippen MR) is 113 cm³/mol. The largest absolute Gasteiger partial charge is 0.497 e. The lowest BCUT2D eigenvalue weighted by Crippen LogP contribution is -2.40. The first-order valence-corrected chi connectivity index (χ1v) is 9.49. The minimum absolute atomic E-state index is 0.204. The Hall–Kier alpha value is -4.54. The number of nitrogens with one attached hydrogen (secondary N) is 1. The van der Waals surface area contributed by atoms with Crippen molar-refractivity contribution < 1.29 is 14.1 Å². The van der Waals surface area contributed by atoms with Gasteiger partial charge in [-0.15, -0.1) is 0 Å². The molecule has 1 amide bonds. The highest BCUT2D eigenvalue weighted by atomic mass is 16.5. The third-order valence-electron chi connectivity index (χ3n) is 4.62. The second-order valence-electron chi connectivity index (χ2n) is 6.70. The van der Waals surface area contributed by atoms with Crippen molar-refractivity contribution in [2.75, 3.05) is 7.11 Å². The van der Waals surface area contributed by atoms with Gasteiger partial charge in [0.25, 0.3) is 5.56 Å². The van der Waals surface area contributed by atoms with Crippen LogP contribution >= 0.6 is 0 Å². The number of aromatic nitrogens is 5. The molecule has 0 saturated heterocycles. The Morgan fingerprint density at radius 1 is 1.09 bits per heavy atom. The lowest BCUT2D eigenvalue weighted by atomic mass is 10.2. The van der Waals surface area contributed by atoms with E-state index in [4.69, 9.17) is 9.26 Å². The highest BCUT2D eigenvalue weighted by molar-refractivity contribution is 5.89. The summed E-state index contributed by atoms with van der Waals surface area (Å²) in [5.41, 5.74) is -0.285. The van der Waals surface area contributed by atoms with Gasteiger partial charge in [-0.05, 0) is 29.8 Å². The van der Waals surface area contributed by atoms with Crippen molar-refractivity contribution in [3.63, 3.8) is 0 Å². The number of methoxy groups -OCH3 is 1. The highest BCUT2D eigenvalue weighted by Crippen LogP contribution is 2.12. The second kappa shape index (κ2) is 8.68. The van der Waals surface area contributed by atoms with E-state index in [1.807, 2.05) is 0 Å². The van der Waals surface area contributed by atoms with Crippen molar-refractivity contribution >= 4 is 5.91 Å². The van der Waals surface area contributed by atoms with Gasteiger partial charge < -0.3 is 14.6 Å². The number of carbonyl (C=O) groups excluding carboxylic acids is 1. The highest BCUT2D eigenvalue weighted by Gasteiger charge is 2.21. The quantitative estimate of drug-likeness (QED) is 0.473. The zero-order valence-corrected chi connectivity index (χ0v) is 17.2. The van der Waals surface area contributed by atoms with E-state index in [0.29, 0.717) is 11.4 Å². The van der Waals surface area contributed by atoms with Crippen LogP contribution in [0.2, 0.25) is 0 Å². The molecule has 2 aromatic carbocycles. The first-order valence-electron chi connectivity index (χ1n) is 9.49. The fraction of sp³-hybridized carbons (Fsp3) is 0.143. The number of benzene rings is 2. The first-order chi connectivity index (χ1) is 15.5. The number of rotatable bonds is 6. The summed E-state index contributed by atoms with van der Waals surface area (Å²) < 4.78 is 12.0. The molecule has 0 atom stereocenters. The van der Waals surface area contributed by atoms with E-state index < -0.39 is 17.2 Å². The molecule has 0 unspecified atom stereocenters. The molecule has 0 bridgehead atoms.